The molecule has 8 heteroatoms. The van der Waals surface area contributed by atoms with Crippen LogP contribution in [0.2, 0.25) is 0 Å². The summed E-state index contributed by atoms with van der Waals surface area (Å²) >= 11 is 0. The molecule has 1 atom stereocenters. The Hall–Kier alpha value is -3.65. The van der Waals surface area contributed by atoms with Gasteiger partial charge in [-0.05, 0) is 68.0 Å². The third kappa shape index (κ3) is 4.05. The molecule has 0 amide bonds. The van der Waals surface area contributed by atoms with Crippen molar-refractivity contribution in [3.8, 4) is 28.3 Å². The first-order valence-electron chi connectivity index (χ1n) is 11.1. The minimum absolute atomic E-state index is 0.406. The molecule has 0 saturated carbocycles. The number of halogens is 2. The van der Waals surface area contributed by atoms with E-state index in [9.17, 15) is 8.78 Å². The maximum Gasteiger partial charge on any atom is 0.163 e. The number of aromatic nitrogens is 3. The van der Waals surface area contributed by atoms with Gasteiger partial charge in [-0.25, -0.2) is 18.7 Å². The van der Waals surface area contributed by atoms with Crippen LogP contribution in [-0.2, 0) is 0 Å². The van der Waals surface area contributed by atoms with E-state index < -0.39 is 11.6 Å². The van der Waals surface area contributed by atoms with Crippen LogP contribution in [0.15, 0.2) is 54.9 Å². The zero-order valence-corrected chi connectivity index (χ0v) is 19.3. The maximum absolute atomic E-state index is 14.0. The van der Waals surface area contributed by atoms with Crippen molar-refractivity contribution in [2.24, 2.45) is 0 Å². The summed E-state index contributed by atoms with van der Waals surface area (Å²) in [5, 5.41) is 0.797. The molecule has 0 spiro atoms. The van der Waals surface area contributed by atoms with Gasteiger partial charge >= 0.3 is 0 Å². The average molecular weight is 462 g/mol. The van der Waals surface area contributed by atoms with Crippen LogP contribution in [0.3, 0.4) is 0 Å². The lowest BCUT2D eigenvalue weighted by Gasteiger charge is -2.23. The second kappa shape index (κ2) is 8.95. The molecule has 0 bridgehead atoms. The first kappa shape index (κ1) is 22.2. The van der Waals surface area contributed by atoms with Crippen molar-refractivity contribution in [3.63, 3.8) is 0 Å². The molecule has 5 rings (SSSR count). The highest BCUT2D eigenvalue weighted by Gasteiger charge is 2.28. The standard InChI is InChI=1S/C26H25F2N5O/c1-32(2)19-8-10-33(15-19)26-20-11-18(16-6-7-21(27)22(28)12-16)13-23(34-3)24(20)30-25(31-26)17-5-4-9-29-14-17/h4-7,9,11-14,19H,8,10,15H2,1-3H3. The summed E-state index contributed by atoms with van der Waals surface area (Å²) in [6.45, 7) is 1.67. The Labute approximate surface area is 196 Å². The van der Waals surface area contributed by atoms with Crippen LogP contribution in [0.25, 0.3) is 33.4 Å². The summed E-state index contributed by atoms with van der Waals surface area (Å²) in [4.78, 5) is 18.5. The summed E-state index contributed by atoms with van der Waals surface area (Å²) in [5.74, 6) is 0.106. The van der Waals surface area contributed by atoms with Crippen LogP contribution in [-0.4, -0.2) is 60.2 Å². The van der Waals surface area contributed by atoms with Gasteiger partial charge in [0.05, 0.1) is 7.11 Å². The summed E-state index contributed by atoms with van der Waals surface area (Å²) in [6.07, 6.45) is 4.46. The number of hydrogen-bond acceptors (Lipinski definition) is 6. The number of ether oxygens (including phenoxy) is 1. The Morgan fingerprint density at radius 1 is 1.00 bits per heavy atom. The van der Waals surface area contributed by atoms with Crippen LogP contribution < -0.4 is 9.64 Å². The SMILES string of the molecule is COc1cc(-c2ccc(F)c(F)c2)cc2c(N3CCC(N(C)C)C3)nc(-c3cccnc3)nc12. The summed E-state index contributed by atoms with van der Waals surface area (Å²) < 4.78 is 33.3. The molecule has 1 saturated heterocycles. The Balaban J connectivity index is 1.73. The molecule has 2 aromatic carbocycles. The minimum atomic E-state index is -0.895. The molecule has 2 aromatic heterocycles. The number of methoxy groups -OCH3 is 1. The lowest BCUT2D eigenvalue weighted by atomic mass is 10.0. The normalized spacial score (nSPS) is 15.9. The smallest absolute Gasteiger partial charge is 0.163 e. The largest absolute Gasteiger partial charge is 0.494 e. The second-order valence-corrected chi connectivity index (χ2v) is 8.67. The molecule has 1 unspecified atom stereocenters. The van der Waals surface area contributed by atoms with Crippen molar-refractivity contribution in [2.75, 3.05) is 39.2 Å². The number of anilines is 1. The fourth-order valence-corrected chi connectivity index (χ4v) is 4.40. The summed E-state index contributed by atoms with van der Waals surface area (Å²) in [7, 11) is 5.74. The molecule has 6 nitrogen and oxygen atoms in total. The first-order chi connectivity index (χ1) is 16.4. The molecular formula is C26H25F2N5O. The molecule has 34 heavy (non-hydrogen) atoms. The number of benzene rings is 2. The lowest BCUT2D eigenvalue weighted by Crippen LogP contribution is -2.31. The van der Waals surface area contributed by atoms with Gasteiger partial charge in [-0.15, -0.1) is 0 Å². The Bertz CT molecular complexity index is 1350. The van der Waals surface area contributed by atoms with Gasteiger partial charge < -0.3 is 14.5 Å². The van der Waals surface area contributed by atoms with E-state index in [0.29, 0.717) is 34.3 Å². The van der Waals surface area contributed by atoms with E-state index in [1.54, 1.807) is 31.6 Å². The van der Waals surface area contributed by atoms with Gasteiger partial charge in [-0.1, -0.05) is 6.07 Å². The number of pyridine rings is 1. The van der Waals surface area contributed by atoms with E-state index in [0.717, 1.165) is 42.3 Å². The van der Waals surface area contributed by atoms with Crippen LogP contribution in [0.4, 0.5) is 14.6 Å². The fraction of sp³-hybridized carbons (Fsp3) is 0.269. The predicted octanol–water partition coefficient (Wildman–Crippen LogP) is 4.79. The van der Waals surface area contributed by atoms with Crippen LogP contribution in [0, 0.1) is 11.6 Å². The van der Waals surface area contributed by atoms with E-state index in [4.69, 9.17) is 14.7 Å². The third-order valence-electron chi connectivity index (χ3n) is 6.33. The molecular weight excluding hydrogens is 436 g/mol. The second-order valence-electron chi connectivity index (χ2n) is 8.67. The summed E-state index contributed by atoms with van der Waals surface area (Å²) in [5.41, 5.74) is 2.71. The molecule has 0 aliphatic carbocycles. The van der Waals surface area contributed by atoms with Gasteiger partial charge in [0.2, 0.25) is 0 Å². The Morgan fingerprint density at radius 2 is 1.85 bits per heavy atom. The van der Waals surface area contributed by atoms with E-state index in [1.807, 2.05) is 18.2 Å². The van der Waals surface area contributed by atoms with Crippen molar-refractivity contribution in [1.82, 2.24) is 19.9 Å². The lowest BCUT2D eigenvalue weighted by molar-refractivity contribution is 0.315. The zero-order chi connectivity index (χ0) is 23.8. The molecule has 3 heterocycles. The third-order valence-corrected chi connectivity index (χ3v) is 6.33. The Morgan fingerprint density at radius 3 is 2.53 bits per heavy atom. The molecule has 1 aliphatic rings. The first-order valence-corrected chi connectivity index (χ1v) is 11.1. The molecule has 0 radical (unpaired) electrons. The number of likely N-dealkylation sites (N-methyl/N-ethyl adjacent to an activating group) is 1. The number of nitrogens with zero attached hydrogens (tertiary/aromatic N) is 5. The van der Waals surface area contributed by atoms with E-state index in [2.05, 4.69) is 28.9 Å². The number of rotatable bonds is 5. The summed E-state index contributed by atoms with van der Waals surface area (Å²) in [6, 6.07) is 11.8. The molecule has 1 aliphatic heterocycles. The number of hydrogen-bond donors (Lipinski definition) is 0. The van der Waals surface area contributed by atoms with Crippen molar-refractivity contribution in [3.05, 3.63) is 66.5 Å². The highest BCUT2D eigenvalue weighted by molar-refractivity contribution is 5.98. The fourth-order valence-electron chi connectivity index (χ4n) is 4.40. The van der Waals surface area contributed by atoms with E-state index in [1.165, 1.54) is 6.07 Å². The van der Waals surface area contributed by atoms with Gasteiger partial charge in [0, 0.05) is 42.5 Å². The van der Waals surface area contributed by atoms with Crippen LogP contribution >= 0.6 is 0 Å². The molecule has 0 N–H and O–H groups in total. The van der Waals surface area contributed by atoms with Crippen molar-refractivity contribution in [2.45, 2.75) is 12.5 Å². The van der Waals surface area contributed by atoms with Gasteiger partial charge in [-0.2, -0.15) is 0 Å². The Kier molecular flexibility index (Phi) is 5.83. The monoisotopic (exact) mass is 461 g/mol. The van der Waals surface area contributed by atoms with Gasteiger partial charge in [0.1, 0.15) is 17.1 Å². The predicted molar refractivity (Wildman–Crippen MR) is 129 cm³/mol. The van der Waals surface area contributed by atoms with Crippen molar-refractivity contribution >= 4 is 16.7 Å². The zero-order valence-electron chi connectivity index (χ0n) is 19.3. The van der Waals surface area contributed by atoms with E-state index >= 15 is 0 Å². The molecule has 1 fully saturated rings. The quantitative estimate of drug-likeness (QED) is 0.426. The average Bonchev–Trinajstić information content (AvgIpc) is 3.35. The highest BCUT2D eigenvalue weighted by atomic mass is 19.2. The molecule has 4 aromatic rings. The maximum atomic E-state index is 14.0. The van der Waals surface area contributed by atoms with Crippen LogP contribution in [0.5, 0.6) is 5.75 Å². The van der Waals surface area contributed by atoms with Gasteiger partial charge in [0.25, 0.3) is 0 Å². The topological polar surface area (TPSA) is 54.4 Å². The van der Waals surface area contributed by atoms with Gasteiger partial charge in [0.15, 0.2) is 17.5 Å². The van der Waals surface area contributed by atoms with E-state index in [-0.39, 0.29) is 0 Å². The highest BCUT2D eigenvalue weighted by Crippen LogP contribution is 2.38. The van der Waals surface area contributed by atoms with Crippen molar-refractivity contribution in [1.29, 1.82) is 0 Å². The minimum Gasteiger partial charge on any atom is -0.494 e. The molecule has 174 valence electrons. The van der Waals surface area contributed by atoms with Gasteiger partial charge in [-0.3, -0.25) is 4.98 Å². The van der Waals surface area contributed by atoms with Crippen molar-refractivity contribution < 1.29 is 13.5 Å². The van der Waals surface area contributed by atoms with Crippen LogP contribution in [0.1, 0.15) is 6.42 Å². The number of fused-ring (bicyclic) bond motifs is 1.